The van der Waals surface area contributed by atoms with E-state index < -0.39 is 10.0 Å². The fourth-order valence-corrected chi connectivity index (χ4v) is 3.87. The molecule has 0 radical (unpaired) electrons. The summed E-state index contributed by atoms with van der Waals surface area (Å²) in [5, 5.41) is 0.459. The lowest BCUT2D eigenvalue weighted by Gasteiger charge is -2.20. The molecule has 2 aromatic rings. The summed E-state index contributed by atoms with van der Waals surface area (Å²) in [6.07, 6.45) is 1.31. The maximum Gasteiger partial charge on any atom is 0.261 e. The van der Waals surface area contributed by atoms with Crippen molar-refractivity contribution in [3.63, 3.8) is 0 Å². The molecule has 0 spiro atoms. The highest BCUT2D eigenvalue weighted by atomic mass is 35.5. The highest BCUT2D eigenvalue weighted by Gasteiger charge is 2.25. The minimum Gasteiger partial charge on any atom is -0.494 e. The van der Waals surface area contributed by atoms with E-state index in [4.69, 9.17) is 16.3 Å². The molecule has 6 nitrogen and oxygen atoms in total. The number of carbonyl (C=O) groups excluding carboxylic acids is 1. The second-order valence-electron chi connectivity index (χ2n) is 5.59. The van der Waals surface area contributed by atoms with E-state index in [1.807, 2.05) is 0 Å². The first-order valence-corrected chi connectivity index (χ1v) is 9.53. The van der Waals surface area contributed by atoms with Crippen molar-refractivity contribution in [2.75, 3.05) is 23.3 Å². The second-order valence-corrected chi connectivity index (χ2v) is 7.71. The number of carbonyl (C=O) groups is 1. The van der Waals surface area contributed by atoms with Crippen molar-refractivity contribution in [2.24, 2.45) is 0 Å². The number of halogens is 1. The minimum absolute atomic E-state index is 0.0350. The van der Waals surface area contributed by atoms with Crippen LogP contribution in [0.3, 0.4) is 0 Å². The first-order chi connectivity index (χ1) is 11.9. The van der Waals surface area contributed by atoms with Gasteiger partial charge in [0, 0.05) is 24.1 Å². The summed E-state index contributed by atoms with van der Waals surface area (Å²) in [6.45, 7) is 0.630. The van der Waals surface area contributed by atoms with Gasteiger partial charge in [0.25, 0.3) is 10.0 Å². The van der Waals surface area contributed by atoms with Crippen LogP contribution in [0.2, 0.25) is 5.02 Å². The molecule has 0 saturated carbocycles. The van der Waals surface area contributed by atoms with Crippen LogP contribution >= 0.6 is 11.6 Å². The van der Waals surface area contributed by atoms with E-state index in [0.29, 0.717) is 35.1 Å². The molecular weight excluding hydrogens is 364 g/mol. The van der Waals surface area contributed by atoms with Gasteiger partial charge >= 0.3 is 0 Å². The number of ether oxygens (including phenoxy) is 1. The van der Waals surface area contributed by atoms with Crippen LogP contribution in [0.4, 0.5) is 11.4 Å². The van der Waals surface area contributed by atoms with E-state index in [1.165, 1.54) is 31.4 Å². The lowest BCUT2D eigenvalue weighted by atomic mass is 10.2. The molecule has 0 bridgehead atoms. The van der Waals surface area contributed by atoms with Crippen LogP contribution in [0.25, 0.3) is 0 Å². The summed E-state index contributed by atoms with van der Waals surface area (Å²) in [5.41, 5.74) is 0.988. The Hall–Kier alpha value is -2.25. The largest absolute Gasteiger partial charge is 0.494 e. The van der Waals surface area contributed by atoms with Crippen molar-refractivity contribution in [1.82, 2.24) is 0 Å². The third-order valence-corrected chi connectivity index (χ3v) is 5.57. The maximum atomic E-state index is 12.4. The number of methoxy groups -OCH3 is 1. The quantitative estimate of drug-likeness (QED) is 0.863. The normalized spacial score (nSPS) is 14.6. The number of nitrogens with zero attached hydrogens (tertiary/aromatic N) is 1. The number of hydrogen-bond donors (Lipinski definition) is 1. The Kier molecular flexibility index (Phi) is 4.87. The molecule has 2 aromatic carbocycles. The molecular formula is C17H17ClN2O4S. The molecule has 1 heterocycles. The Morgan fingerprint density at radius 1 is 1.16 bits per heavy atom. The number of nitrogens with one attached hydrogen (secondary N) is 1. The van der Waals surface area contributed by atoms with Crippen molar-refractivity contribution < 1.29 is 17.9 Å². The standard InChI is InChI=1S/C17H17ClN2O4S/c1-24-16-11-13(6-9-15(16)20-10-2-3-17(20)21)19-25(22,23)14-7-4-12(18)5-8-14/h4-9,11,19H,2-3,10H2,1H3. The molecule has 0 aromatic heterocycles. The van der Waals surface area contributed by atoms with E-state index in [2.05, 4.69) is 4.72 Å². The maximum absolute atomic E-state index is 12.4. The SMILES string of the molecule is COc1cc(NS(=O)(=O)c2ccc(Cl)cc2)ccc1N1CCCC1=O. The first kappa shape index (κ1) is 17.6. The Balaban J connectivity index is 1.88. The number of anilines is 2. The predicted octanol–water partition coefficient (Wildman–Crippen LogP) is 3.28. The summed E-state index contributed by atoms with van der Waals surface area (Å²) in [6, 6.07) is 10.7. The number of sulfonamides is 1. The Bertz CT molecular complexity index is 897. The zero-order valence-electron chi connectivity index (χ0n) is 13.5. The van der Waals surface area contributed by atoms with Gasteiger partial charge in [0.15, 0.2) is 0 Å². The van der Waals surface area contributed by atoms with Gasteiger partial charge in [-0.15, -0.1) is 0 Å². The monoisotopic (exact) mass is 380 g/mol. The molecule has 0 unspecified atom stereocenters. The molecule has 1 saturated heterocycles. The smallest absolute Gasteiger partial charge is 0.261 e. The van der Waals surface area contributed by atoms with E-state index in [9.17, 15) is 13.2 Å². The van der Waals surface area contributed by atoms with E-state index in [-0.39, 0.29) is 10.8 Å². The summed E-state index contributed by atoms with van der Waals surface area (Å²) in [5.74, 6) is 0.472. The van der Waals surface area contributed by atoms with Crippen LogP contribution < -0.4 is 14.4 Å². The lowest BCUT2D eigenvalue weighted by Crippen LogP contribution is -2.24. The molecule has 1 aliphatic heterocycles. The van der Waals surface area contributed by atoms with Crippen molar-refractivity contribution in [3.8, 4) is 5.75 Å². The predicted molar refractivity (Wildman–Crippen MR) is 96.8 cm³/mol. The lowest BCUT2D eigenvalue weighted by molar-refractivity contribution is -0.117. The summed E-state index contributed by atoms with van der Waals surface area (Å²) >= 11 is 5.79. The van der Waals surface area contributed by atoms with E-state index >= 15 is 0 Å². The fraction of sp³-hybridized carbons (Fsp3) is 0.235. The van der Waals surface area contributed by atoms with Gasteiger partial charge in [-0.1, -0.05) is 11.6 Å². The van der Waals surface area contributed by atoms with Crippen molar-refractivity contribution >= 4 is 38.9 Å². The second kappa shape index (κ2) is 6.93. The third kappa shape index (κ3) is 3.72. The summed E-state index contributed by atoms with van der Waals surface area (Å²) in [7, 11) is -2.26. The van der Waals surface area contributed by atoms with E-state index in [0.717, 1.165) is 6.42 Å². The molecule has 1 amide bonds. The van der Waals surface area contributed by atoms with Crippen LogP contribution in [-0.2, 0) is 14.8 Å². The van der Waals surface area contributed by atoms with Crippen molar-refractivity contribution in [3.05, 3.63) is 47.5 Å². The van der Waals surface area contributed by atoms with Crippen LogP contribution in [0.15, 0.2) is 47.4 Å². The van der Waals surface area contributed by atoms with E-state index in [1.54, 1.807) is 23.1 Å². The van der Waals surface area contributed by atoms with Gasteiger partial charge in [-0.2, -0.15) is 0 Å². The average molecular weight is 381 g/mol. The molecule has 0 aliphatic carbocycles. The molecule has 1 fully saturated rings. The first-order valence-electron chi connectivity index (χ1n) is 7.67. The minimum atomic E-state index is -3.74. The van der Waals surface area contributed by atoms with Crippen LogP contribution in [0.5, 0.6) is 5.75 Å². The molecule has 25 heavy (non-hydrogen) atoms. The number of amides is 1. The molecule has 132 valence electrons. The molecule has 1 aliphatic rings. The zero-order valence-corrected chi connectivity index (χ0v) is 15.1. The molecule has 0 atom stereocenters. The Morgan fingerprint density at radius 2 is 1.88 bits per heavy atom. The highest BCUT2D eigenvalue weighted by molar-refractivity contribution is 7.92. The summed E-state index contributed by atoms with van der Waals surface area (Å²) < 4.78 is 32.7. The third-order valence-electron chi connectivity index (χ3n) is 3.92. The molecule has 1 N–H and O–H groups in total. The number of benzene rings is 2. The van der Waals surface area contributed by atoms with Gasteiger partial charge in [-0.3, -0.25) is 9.52 Å². The van der Waals surface area contributed by atoms with Crippen LogP contribution in [-0.4, -0.2) is 28.0 Å². The fourth-order valence-electron chi connectivity index (χ4n) is 2.69. The Morgan fingerprint density at radius 3 is 2.48 bits per heavy atom. The highest BCUT2D eigenvalue weighted by Crippen LogP contribution is 2.34. The van der Waals surface area contributed by atoms with Crippen LogP contribution in [0, 0.1) is 0 Å². The topological polar surface area (TPSA) is 75.7 Å². The zero-order chi connectivity index (χ0) is 18.0. The van der Waals surface area contributed by atoms with Gasteiger partial charge in [0.05, 0.1) is 23.4 Å². The summed E-state index contributed by atoms with van der Waals surface area (Å²) in [4.78, 5) is 13.7. The average Bonchev–Trinajstić information content (AvgIpc) is 3.00. The van der Waals surface area contributed by atoms with Gasteiger partial charge in [-0.25, -0.2) is 8.42 Å². The van der Waals surface area contributed by atoms with Crippen molar-refractivity contribution in [2.45, 2.75) is 17.7 Å². The number of rotatable bonds is 5. The van der Waals surface area contributed by atoms with Crippen LogP contribution in [0.1, 0.15) is 12.8 Å². The number of hydrogen-bond acceptors (Lipinski definition) is 4. The van der Waals surface area contributed by atoms with Gasteiger partial charge in [0.1, 0.15) is 5.75 Å². The van der Waals surface area contributed by atoms with Gasteiger partial charge in [0.2, 0.25) is 5.91 Å². The van der Waals surface area contributed by atoms with Crippen molar-refractivity contribution in [1.29, 1.82) is 0 Å². The molecule has 8 heteroatoms. The van der Waals surface area contributed by atoms with Gasteiger partial charge < -0.3 is 9.64 Å². The Labute approximate surface area is 151 Å². The molecule has 3 rings (SSSR count). The van der Waals surface area contributed by atoms with Gasteiger partial charge in [-0.05, 0) is 42.8 Å².